The lowest BCUT2D eigenvalue weighted by atomic mass is 10.4. The van der Waals surface area contributed by atoms with Crippen LogP contribution in [0.15, 0.2) is 5.38 Å². The quantitative estimate of drug-likeness (QED) is 0.686. The summed E-state index contributed by atoms with van der Waals surface area (Å²) in [7, 11) is 0. The van der Waals surface area contributed by atoms with Crippen LogP contribution in [0.25, 0.3) is 0 Å². The number of nitrogen functional groups attached to an aromatic ring is 1. The second kappa shape index (κ2) is 2.48. The van der Waals surface area contributed by atoms with Gasteiger partial charge in [0.25, 0.3) is 0 Å². The van der Waals surface area contributed by atoms with Crippen molar-refractivity contribution in [3.63, 3.8) is 0 Å². The highest BCUT2D eigenvalue weighted by molar-refractivity contribution is 7.13. The molecule has 54 valence electrons. The van der Waals surface area contributed by atoms with E-state index in [2.05, 4.69) is 0 Å². The van der Waals surface area contributed by atoms with Crippen molar-refractivity contribution in [2.75, 3.05) is 5.73 Å². The van der Waals surface area contributed by atoms with Gasteiger partial charge in [-0.15, -0.1) is 11.3 Å². The summed E-state index contributed by atoms with van der Waals surface area (Å²) in [6.07, 6.45) is 0. The molecule has 1 aromatic rings. The summed E-state index contributed by atoms with van der Waals surface area (Å²) in [5.74, 6) is -1.03. The van der Waals surface area contributed by atoms with E-state index in [1.807, 2.05) is 0 Å². The minimum atomic E-state index is -1.03. The van der Waals surface area contributed by atoms with E-state index in [9.17, 15) is 4.79 Å². The number of anilines is 1. The minimum absolute atomic E-state index is 0.102. The Bertz CT molecular complexity index is 271. The molecule has 3 N–H and O–H groups in total. The Morgan fingerprint density at radius 3 is 2.60 bits per heavy atom. The van der Waals surface area contributed by atoms with Gasteiger partial charge in [0, 0.05) is 5.38 Å². The first kappa shape index (κ1) is 7.37. The Balaban J connectivity index is 3.17. The molecule has 0 aliphatic heterocycles. The monoisotopic (exact) mass is 177 g/mol. The largest absolute Gasteiger partial charge is 0.477 e. The number of halogens is 1. The van der Waals surface area contributed by atoms with E-state index in [1.165, 1.54) is 5.38 Å². The maximum absolute atomic E-state index is 10.3. The number of hydrogen-bond donors (Lipinski definition) is 2. The second-order valence-electron chi connectivity index (χ2n) is 1.63. The van der Waals surface area contributed by atoms with Crippen LogP contribution in [-0.4, -0.2) is 11.1 Å². The standard InChI is InChI=1S/C5H4ClNO2S/c6-2-1-10-4(3(2)7)5(8)9/h1H,7H2,(H,8,9). The molecule has 1 rings (SSSR count). The zero-order valence-corrected chi connectivity index (χ0v) is 6.37. The van der Waals surface area contributed by atoms with Crippen molar-refractivity contribution >= 4 is 34.6 Å². The van der Waals surface area contributed by atoms with Crippen molar-refractivity contribution in [3.8, 4) is 0 Å². The van der Waals surface area contributed by atoms with Crippen LogP contribution in [0, 0.1) is 0 Å². The highest BCUT2D eigenvalue weighted by Gasteiger charge is 2.12. The SMILES string of the molecule is Nc1c(Cl)csc1C(=O)O. The fourth-order valence-corrected chi connectivity index (χ4v) is 1.48. The van der Waals surface area contributed by atoms with E-state index in [0.717, 1.165) is 11.3 Å². The molecule has 5 heteroatoms. The third-order valence-corrected chi connectivity index (χ3v) is 2.40. The summed E-state index contributed by atoms with van der Waals surface area (Å²) < 4.78 is 0. The molecule has 0 aliphatic rings. The second-order valence-corrected chi connectivity index (χ2v) is 2.92. The van der Waals surface area contributed by atoms with E-state index in [1.54, 1.807) is 0 Å². The van der Waals surface area contributed by atoms with Crippen LogP contribution in [-0.2, 0) is 0 Å². The van der Waals surface area contributed by atoms with Crippen molar-refractivity contribution < 1.29 is 9.90 Å². The fraction of sp³-hybridized carbons (Fsp3) is 0. The van der Waals surface area contributed by atoms with Crippen LogP contribution in [0.3, 0.4) is 0 Å². The maximum atomic E-state index is 10.3. The van der Waals surface area contributed by atoms with Crippen LogP contribution in [0.5, 0.6) is 0 Å². The van der Waals surface area contributed by atoms with Gasteiger partial charge < -0.3 is 10.8 Å². The Morgan fingerprint density at radius 1 is 1.80 bits per heavy atom. The van der Waals surface area contributed by atoms with Crippen LogP contribution < -0.4 is 5.73 Å². The van der Waals surface area contributed by atoms with Gasteiger partial charge >= 0.3 is 5.97 Å². The molecule has 0 amide bonds. The third-order valence-electron chi connectivity index (χ3n) is 0.976. The topological polar surface area (TPSA) is 63.3 Å². The van der Waals surface area contributed by atoms with Gasteiger partial charge in [0.05, 0.1) is 10.7 Å². The van der Waals surface area contributed by atoms with E-state index < -0.39 is 5.97 Å². The first-order valence-corrected chi connectivity index (χ1v) is 3.64. The normalized spacial score (nSPS) is 9.70. The van der Waals surface area contributed by atoms with Gasteiger partial charge in [-0.3, -0.25) is 0 Å². The number of carbonyl (C=O) groups is 1. The molecular weight excluding hydrogens is 174 g/mol. The third kappa shape index (κ3) is 1.08. The molecular formula is C5H4ClNO2S. The highest BCUT2D eigenvalue weighted by atomic mass is 35.5. The molecule has 0 radical (unpaired) electrons. The average Bonchev–Trinajstić information content (AvgIpc) is 2.14. The molecule has 0 atom stereocenters. The van der Waals surface area contributed by atoms with E-state index >= 15 is 0 Å². The first-order chi connectivity index (χ1) is 4.63. The molecule has 10 heavy (non-hydrogen) atoms. The highest BCUT2D eigenvalue weighted by Crippen LogP contribution is 2.28. The Labute approximate surface area is 66.0 Å². The van der Waals surface area contributed by atoms with Crippen molar-refractivity contribution in [2.24, 2.45) is 0 Å². The summed E-state index contributed by atoms with van der Waals surface area (Å²) in [4.78, 5) is 10.4. The lowest BCUT2D eigenvalue weighted by Crippen LogP contribution is -1.96. The number of hydrogen-bond acceptors (Lipinski definition) is 3. The van der Waals surface area contributed by atoms with Gasteiger partial charge in [0.2, 0.25) is 0 Å². The van der Waals surface area contributed by atoms with Gasteiger partial charge in [-0.2, -0.15) is 0 Å². The van der Waals surface area contributed by atoms with Gasteiger partial charge in [0.15, 0.2) is 0 Å². The number of rotatable bonds is 1. The van der Waals surface area contributed by atoms with Crippen LogP contribution in [0.4, 0.5) is 5.69 Å². The number of thiophene rings is 1. The maximum Gasteiger partial charge on any atom is 0.348 e. The molecule has 0 aromatic carbocycles. The Hall–Kier alpha value is -0.740. The van der Waals surface area contributed by atoms with Crippen molar-refractivity contribution in [3.05, 3.63) is 15.3 Å². The Kier molecular flexibility index (Phi) is 1.82. The lowest BCUT2D eigenvalue weighted by Gasteiger charge is -1.89. The van der Waals surface area contributed by atoms with Crippen LogP contribution in [0.1, 0.15) is 9.67 Å². The zero-order valence-electron chi connectivity index (χ0n) is 4.80. The summed E-state index contributed by atoms with van der Waals surface area (Å²) in [6, 6.07) is 0. The number of carboxylic acids is 1. The molecule has 0 fully saturated rings. The summed E-state index contributed by atoms with van der Waals surface area (Å²) in [6.45, 7) is 0. The lowest BCUT2D eigenvalue weighted by molar-refractivity contribution is 0.0703. The van der Waals surface area contributed by atoms with Crippen molar-refractivity contribution in [1.29, 1.82) is 0 Å². The van der Waals surface area contributed by atoms with Crippen molar-refractivity contribution in [1.82, 2.24) is 0 Å². The summed E-state index contributed by atoms with van der Waals surface area (Å²) in [5.41, 5.74) is 5.45. The van der Waals surface area contributed by atoms with Gasteiger partial charge in [-0.1, -0.05) is 11.6 Å². The molecule has 1 heterocycles. The number of carboxylic acid groups (broad SMARTS) is 1. The zero-order chi connectivity index (χ0) is 7.72. The predicted octanol–water partition coefficient (Wildman–Crippen LogP) is 1.68. The molecule has 0 bridgehead atoms. The molecule has 0 saturated carbocycles. The molecule has 1 aromatic heterocycles. The molecule has 0 unspecified atom stereocenters. The van der Waals surface area contributed by atoms with Crippen LogP contribution in [0.2, 0.25) is 5.02 Å². The van der Waals surface area contributed by atoms with Gasteiger partial charge in [-0.25, -0.2) is 4.79 Å². The smallest absolute Gasteiger partial charge is 0.348 e. The fourth-order valence-electron chi connectivity index (χ4n) is 0.512. The average molecular weight is 178 g/mol. The minimum Gasteiger partial charge on any atom is -0.477 e. The van der Waals surface area contributed by atoms with E-state index in [-0.39, 0.29) is 10.6 Å². The van der Waals surface area contributed by atoms with E-state index in [4.69, 9.17) is 22.4 Å². The number of nitrogens with two attached hydrogens (primary N) is 1. The van der Waals surface area contributed by atoms with Crippen molar-refractivity contribution in [2.45, 2.75) is 0 Å². The summed E-state index contributed by atoms with van der Waals surface area (Å²) >= 11 is 6.52. The van der Waals surface area contributed by atoms with Gasteiger partial charge in [0.1, 0.15) is 4.88 Å². The molecule has 3 nitrogen and oxygen atoms in total. The predicted molar refractivity (Wildman–Crippen MR) is 40.7 cm³/mol. The number of aromatic carboxylic acids is 1. The molecule has 0 saturated heterocycles. The van der Waals surface area contributed by atoms with Crippen LogP contribution >= 0.6 is 22.9 Å². The van der Waals surface area contributed by atoms with Gasteiger partial charge in [-0.05, 0) is 0 Å². The first-order valence-electron chi connectivity index (χ1n) is 2.38. The molecule has 0 spiro atoms. The molecule has 0 aliphatic carbocycles. The Morgan fingerprint density at radius 2 is 2.40 bits per heavy atom. The summed E-state index contributed by atoms with van der Waals surface area (Å²) in [5, 5.41) is 10.3. The van der Waals surface area contributed by atoms with E-state index in [0.29, 0.717) is 5.02 Å².